The van der Waals surface area contributed by atoms with E-state index in [2.05, 4.69) is 5.32 Å². The van der Waals surface area contributed by atoms with Crippen LogP contribution in [-0.2, 0) is 6.61 Å². The van der Waals surface area contributed by atoms with Gasteiger partial charge in [0.2, 0.25) is 0 Å². The van der Waals surface area contributed by atoms with Crippen molar-refractivity contribution in [3.05, 3.63) is 87.4 Å². The quantitative estimate of drug-likeness (QED) is 0.525. The van der Waals surface area contributed by atoms with Crippen LogP contribution in [0.3, 0.4) is 0 Å². The first-order chi connectivity index (χ1) is 13.5. The van der Waals surface area contributed by atoms with Gasteiger partial charge in [-0.1, -0.05) is 65.2 Å². The second-order valence-electron chi connectivity index (χ2n) is 6.20. The number of aryl methyl sites for hydroxylation is 1. The van der Waals surface area contributed by atoms with E-state index >= 15 is 0 Å². The summed E-state index contributed by atoms with van der Waals surface area (Å²) in [6.07, 6.45) is 0. The molecule has 0 fully saturated rings. The van der Waals surface area contributed by atoms with Crippen LogP contribution in [0.15, 0.2) is 60.7 Å². The van der Waals surface area contributed by atoms with Gasteiger partial charge < -0.3 is 14.8 Å². The van der Waals surface area contributed by atoms with Crippen molar-refractivity contribution in [3.63, 3.8) is 0 Å². The summed E-state index contributed by atoms with van der Waals surface area (Å²) in [6, 6.07) is 18.1. The molecule has 0 heterocycles. The summed E-state index contributed by atoms with van der Waals surface area (Å²) in [5.74, 6) is 0.418. The van der Waals surface area contributed by atoms with Crippen molar-refractivity contribution < 1.29 is 14.3 Å². The molecule has 3 rings (SSSR count). The Balaban J connectivity index is 1.79. The number of nitrogens with one attached hydrogen (secondary N) is 1. The Bertz CT molecular complexity index is 988. The van der Waals surface area contributed by atoms with E-state index in [4.69, 9.17) is 32.7 Å². The molecule has 0 aliphatic heterocycles. The molecule has 0 unspecified atom stereocenters. The van der Waals surface area contributed by atoms with Crippen molar-refractivity contribution >= 4 is 34.8 Å². The third-order valence-electron chi connectivity index (χ3n) is 4.12. The van der Waals surface area contributed by atoms with Gasteiger partial charge in [0.25, 0.3) is 5.91 Å². The minimum atomic E-state index is -0.349. The van der Waals surface area contributed by atoms with Gasteiger partial charge in [-0.2, -0.15) is 0 Å². The largest absolute Gasteiger partial charge is 0.493 e. The van der Waals surface area contributed by atoms with Crippen LogP contribution in [0.2, 0.25) is 10.0 Å². The number of carbonyl (C=O) groups is 1. The molecule has 1 N–H and O–H groups in total. The molecule has 3 aromatic carbocycles. The van der Waals surface area contributed by atoms with Crippen LogP contribution < -0.4 is 14.8 Å². The van der Waals surface area contributed by atoms with Crippen molar-refractivity contribution in [2.75, 3.05) is 12.4 Å². The van der Waals surface area contributed by atoms with Crippen molar-refractivity contribution in [2.24, 2.45) is 0 Å². The van der Waals surface area contributed by atoms with E-state index in [1.165, 1.54) is 12.7 Å². The van der Waals surface area contributed by atoms with Gasteiger partial charge in [-0.05, 0) is 36.8 Å². The smallest absolute Gasteiger partial charge is 0.255 e. The van der Waals surface area contributed by atoms with Crippen LogP contribution >= 0.6 is 23.2 Å². The molecule has 0 saturated heterocycles. The Labute approximate surface area is 174 Å². The molecule has 6 heteroatoms. The van der Waals surface area contributed by atoms with Crippen molar-refractivity contribution in [1.29, 1.82) is 0 Å². The molecule has 28 heavy (non-hydrogen) atoms. The van der Waals surface area contributed by atoms with Gasteiger partial charge in [-0.15, -0.1) is 0 Å². The Hall–Kier alpha value is -2.69. The van der Waals surface area contributed by atoms with Crippen LogP contribution in [0.25, 0.3) is 0 Å². The second-order valence-corrected chi connectivity index (χ2v) is 7.01. The number of carbonyl (C=O) groups excluding carboxylic acids is 1. The van der Waals surface area contributed by atoms with E-state index in [9.17, 15) is 4.79 Å². The normalized spacial score (nSPS) is 10.4. The van der Waals surface area contributed by atoms with Gasteiger partial charge in [0.05, 0.1) is 22.8 Å². The van der Waals surface area contributed by atoms with Crippen molar-refractivity contribution in [2.45, 2.75) is 13.5 Å². The molecule has 144 valence electrons. The minimum absolute atomic E-state index is 0.288. The van der Waals surface area contributed by atoms with E-state index in [1.807, 2.05) is 31.2 Å². The first-order valence-electron chi connectivity index (χ1n) is 8.59. The lowest BCUT2D eigenvalue weighted by Gasteiger charge is -2.15. The van der Waals surface area contributed by atoms with E-state index in [0.29, 0.717) is 34.4 Å². The summed E-state index contributed by atoms with van der Waals surface area (Å²) in [7, 11) is 1.50. The van der Waals surface area contributed by atoms with E-state index in [0.717, 1.165) is 5.56 Å². The number of amides is 1. The fourth-order valence-corrected chi connectivity index (χ4v) is 3.04. The Morgan fingerprint density at radius 2 is 1.71 bits per heavy atom. The number of rotatable bonds is 6. The van der Waals surface area contributed by atoms with Crippen LogP contribution in [0.4, 0.5) is 5.69 Å². The molecular formula is C22H19Cl2NO3. The summed E-state index contributed by atoms with van der Waals surface area (Å²) in [4.78, 5) is 12.6. The lowest BCUT2D eigenvalue weighted by molar-refractivity contribution is 0.102. The average Bonchev–Trinajstić information content (AvgIpc) is 2.69. The third kappa shape index (κ3) is 4.77. The lowest BCUT2D eigenvalue weighted by Crippen LogP contribution is -2.12. The molecule has 0 aliphatic rings. The molecule has 0 radical (unpaired) electrons. The summed E-state index contributed by atoms with van der Waals surface area (Å²) < 4.78 is 11.2. The van der Waals surface area contributed by atoms with Crippen molar-refractivity contribution in [1.82, 2.24) is 0 Å². The molecule has 3 aromatic rings. The van der Waals surface area contributed by atoms with Gasteiger partial charge in [-0.3, -0.25) is 4.79 Å². The molecule has 0 bridgehead atoms. The maximum Gasteiger partial charge on any atom is 0.255 e. The fraction of sp³-hybridized carbons (Fsp3) is 0.136. The minimum Gasteiger partial charge on any atom is -0.493 e. The number of benzene rings is 3. The Morgan fingerprint density at radius 3 is 2.39 bits per heavy atom. The number of methoxy groups -OCH3 is 1. The molecule has 0 aliphatic carbocycles. The van der Waals surface area contributed by atoms with Crippen LogP contribution in [0, 0.1) is 6.92 Å². The van der Waals surface area contributed by atoms with Crippen molar-refractivity contribution in [3.8, 4) is 11.5 Å². The molecular weight excluding hydrogens is 397 g/mol. The number of ether oxygens (including phenoxy) is 2. The van der Waals surface area contributed by atoms with Crippen LogP contribution in [0.5, 0.6) is 11.5 Å². The molecule has 0 saturated carbocycles. The molecule has 1 amide bonds. The summed E-state index contributed by atoms with van der Waals surface area (Å²) >= 11 is 12.5. The van der Waals surface area contributed by atoms with Gasteiger partial charge in [0.15, 0.2) is 11.5 Å². The third-order valence-corrected chi connectivity index (χ3v) is 4.73. The summed E-state index contributed by atoms with van der Waals surface area (Å²) in [6.45, 7) is 2.36. The predicted octanol–water partition coefficient (Wildman–Crippen LogP) is 6.14. The predicted molar refractivity (Wildman–Crippen MR) is 113 cm³/mol. The fourth-order valence-electron chi connectivity index (χ4n) is 2.59. The second kappa shape index (κ2) is 9.00. The zero-order valence-corrected chi connectivity index (χ0v) is 17.0. The maximum atomic E-state index is 12.6. The van der Waals surface area contributed by atoms with E-state index in [-0.39, 0.29) is 10.9 Å². The molecule has 0 aromatic heterocycles. The highest BCUT2D eigenvalue weighted by atomic mass is 35.5. The van der Waals surface area contributed by atoms with Gasteiger partial charge >= 0.3 is 0 Å². The number of halogens is 2. The number of hydrogen-bond acceptors (Lipinski definition) is 3. The number of anilines is 1. The van der Waals surface area contributed by atoms with Crippen LogP contribution in [-0.4, -0.2) is 13.0 Å². The first-order valence-corrected chi connectivity index (χ1v) is 9.35. The summed E-state index contributed by atoms with van der Waals surface area (Å²) in [5, 5.41) is 3.50. The standard InChI is InChI=1S/C22H19Cl2NO3/c1-14-7-9-15(10-8-14)13-28-21-18(24)11-16(12-20(21)27-2)22(26)25-19-6-4-3-5-17(19)23/h3-12H,13H2,1-2H3,(H,25,26). The highest BCUT2D eigenvalue weighted by Gasteiger charge is 2.17. The highest BCUT2D eigenvalue weighted by molar-refractivity contribution is 6.34. The van der Waals surface area contributed by atoms with Gasteiger partial charge in [0.1, 0.15) is 6.61 Å². The Morgan fingerprint density at radius 1 is 1.00 bits per heavy atom. The van der Waals surface area contributed by atoms with Gasteiger partial charge in [-0.25, -0.2) is 0 Å². The first kappa shape index (κ1) is 20.1. The highest BCUT2D eigenvalue weighted by Crippen LogP contribution is 2.37. The van der Waals surface area contributed by atoms with E-state index < -0.39 is 0 Å². The lowest BCUT2D eigenvalue weighted by atomic mass is 10.1. The molecule has 0 atom stereocenters. The molecule has 0 spiro atoms. The zero-order chi connectivity index (χ0) is 20.1. The van der Waals surface area contributed by atoms with E-state index in [1.54, 1.807) is 36.4 Å². The number of para-hydroxylation sites is 1. The maximum absolute atomic E-state index is 12.6. The monoisotopic (exact) mass is 415 g/mol. The number of hydrogen-bond donors (Lipinski definition) is 1. The molecule has 4 nitrogen and oxygen atoms in total. The Kier molecular flexibility index (Phi) is 6.45. The average molecular weight is 416 g/mol. The van der Waals surface area contributed by atoms with Crippen LogP contribution in [0.1, 0.15) is 21.5 Å². The SMILES string of the molecule is COc1cc(C(=O)Nc2ccccc2Cl)cc(Cl)c1OCc1ccc(C)cc1. The topological polar surface area (TPSA) is 47.6 Å². The van der Waals surface area contributed by atoms with Gasteiger partial charge in [0, 0.05) is 5.56 Å². The summed E-state index contributed by atoms with van der Waals surface area (Å²) in [5.41, 5.74) is 3.03. The zero-order valence-electron chi connectivity index (χ0n) is 15.5.